The molecule has 2 aromatic rings. The average Bonchev–Trinajstić information content (AvgIpc) is 2.42. The second kappa shape index (κ2) is 6.06. The number of benzene rings is 2. The van der Waals surface area contributed by atoms with Crippen molar-refractivity contribution in [2.24, 2.45) is 0 Å². The molecular formula is C17H21NO2. The first-order chi connectivity index (χ1) is 9.46. The molecule has 3 heteroatoms. The third-order valence-corrected chi connectivity index (χ3v) is 2.99. The minimum atomic E-state index is -0.295. The minimum Gasteiger partial charge on any atom is -0.366 e. The molecule has 0 saturated carbocycles. The van der Waals surface area contributed by atoms with Crippen molar-refractivity contribution in [1.82, 2.24) is 5.32 Å². The molecule has 0 spiro atoms. The number of nitrogens with one attached hydrogen (secondary N) is 1. The summed E-state index contributed by atoms with van der Waals surface area (Å²) in [6.07, 6.45) is 0. The first-order valence-electron chi connectivity index (χ1n) is 6.83. The van der Waals surface area contributed by atoms with E-state index in [1.54, 1.807) is 0 Å². The van der Waals surface area contributed by atoms with Crippen LogP contribution in [0, 0.1) is 0 Å². The van der Waals surface area contributed by atoms with Crippen LogP contribution in [0.3, 0.4) is 0 Å². The Hall–Kier alpha value is -1.87. The lowest BCUT2D eigenvalue weighted by atomic mass is 10.0. The van der Waals surface area contributed by atoms with Gasteiger partial charge in [-0.3, -0.25) is 4.79 Å². The molecule has 3 nitrogen and oxygen atoms in total. The van der Waals surface area contributed by atoms with Crippen molar-refractivity contribution >= 4 is 16.7 Å². The highest BCUT2D eigenvalue weighted by atomic mass is 16.5. The first-order valence-corrected chi connectivity index (χ1v) is 6.83. The molecular weight excluding hydrogens is 250 g/mol. The van der Waals surface area contributed by atoms with Gasteiger partial charge < -0.3 is 10.1 Å². The Labute approximate surface area is 119 Å². The van der Waals surface area contributed by atoms with E-state index in [2.05, 4.69) is 23.5 Å². The number of carbonyl (C=O) groups is 1. The number of hydrogen-bond acceptors (Lipinski definition) is 2. The number of amides is 1. The summed E-state index contributed by atoms with van der Waals surface area (Å²) in [6.45, 7) is 6.42. The van der Waals surface area contributed by atoms with E-state index in [0.29, 0.717) is 6.54 Å². The molecule has 0 aliphatic carbocycles. The van der Waals surface area contributed by atoms with Gasteiger partial charge in [0.25, 0.3) is 0 Å². The molecule has 0 radical (unpaired) electrons. The SMILES string of the molecule is CC(C)(C)OCC(=O)NCc1cccc2ccccc12. The number of rotatable bonds is 4. The Morgan fingerprint density at radius 2 is 1.80 bits per heavy atom. The molecule has 106 valence electrons. The molecule has 0 atom stereocenters. The zero-order chi connectivity index (χ0) is 14.6. The molecule has 2 rings (SSSR count). The van der Waals surface area contributed by atoms with Gasteiger partial charge in [-0.1, -0.05) is 42.5 Å². The molecule has 0 saturated heterocycles. The predicted molar refractivity (Wildman–Crippen MR) is 81.5 cm³/mol. The summed E-state index contributed by atoms with van der Waals surface area (Å²) in [7, 11) is 0. The molecule has 0 aliphatic rings. The molecule has 0 fully saturated rings. The molecule has 0 bridgehead atoms. The van der Waals surface area contributed by atoms with Crippen LogP contribution >= 0.6 is 0 Å². The topological polar surface area (TPSA) is 38.3 Å². The van der Waals surface area contributed by atoms with Gasteiger partial charge in [-0.25, -0.2) is 0 Å². The lowest BCUT2D eigenvalue weighted by Crippen LogP contribution is -2.31. The highest BCUT2D eigenvalue weighted by molar-refractivity contribution is 5.86. The molecule has 1 amide bonds. The number of fused-ring (bicyclic) bond motifs is 1. The molecule has 0 heterocycles. The summed E-state index contributed by atoms with van der Waals surface area (Å²) in [5, 5.41) is 5.26. The van der Waals surface area contributed by atoms with Gasteiger partial charge in [-0.05, 0) is 37.1 Å². The predicted octanol–water partition coefficient (Wildman–Crippen LogP) is 3.27. The average molecular weight is 271 g/mol. The highest BCUT2D eigenvalue weighted by Gasteiger charge is 2.12. The van der Waals surface area contributed by atoms with Crippen LogP contribution in [0.25, 0.3) is 10.8 Å². The van der Waals surface area contributed by atoms with Gasteiger partial charge >= 0.3 is 0 Å². The van der Waals surface area contributed by atoms with Crippen LogP contribution in [0.4, 0.5) is 0 Å². The van der Waals surface area contributed by atoms with E-state index < -0.39 is 0 Å². The van der Waals surface area contributed by atoms with Crippen LogP contribution in [0.5, 0.6) is 0 Å². The zero-order valence-corrected chi connectivity index (χ0v) is 12.3. The summed E-state index contributed by atoms with van der Waals surface area (Å²) < 4.78 is 5.45. The monoisotopic (exact) mass is 271 g/mol. The van der Waals surface area contributed by atoms with Crippen molar-refractivity contribution in [2.75, 3.05) is 6.61 Å². The van der Waals surface area contributed by atoms with E-state index in [4.69, 9.17) is 4.74 Å². The Balaban J connectivity index is 1.98. The van der Waals surface area contributed by atoms with E-state index in [1.165, 1.54) is 10.8 Å². The molecule has 0 aliphatic heterocycles. The van der Waals surface area contributed by atoms with Crippen molar-refractivity contribution < 1.29 is 9.53 Å². The smallest absolute Gasteiger partial charge is 0.246 e. The van der Waals surface area contributed by atoms with Crippen LogP contribution < -0.4 is 5.32 Å². The molecule has 0 aromatic heterocycles. The fourth-order valence-corrected chi connectivity index (χ4v) is 1.97. The van der Waals surface area contributed by atoms with Crippen LogP contribution in [0.1, 0.15) is 26.3 Å². The van der Waals surface area contributed by atoms with Crippen molar-refractivity contribution in [3.05, 3.63) is 48.0 Å². The second-order valence-electron chi connectivity index (χ2n) is 5.82. The third kappa shape index (κ3) is 4.07. The fourth-order valence-electron chi connectivity index (χ4n) is 1.97. The maximum Gasteiger partial charge on any atom is 0.246 e. The maximum atomic E-state index is 11.8. The van der Waals surface area contributed by atoms with Crippen LogP contribution in [-0.2, 0) is 16.1 Å². The van der Waals surface area contributed by atoms with Crippen LogP contribution in [0.2, 0.25) is 0 Å². The first kappa shape index (κ1) is 14.5. The molecule has 2 aromatic carbocycles. The van der Waals surface area contributed by atoms with Crippen molar-refractivity contribution in [3.8, 4) is 0 Å². The summed E-state index contributed by atoms with van der Waals surface area (Å²) in [6, 6.07) is 14.3. The van der Waals surface area contributed by atoms with E-state index in [1.807, 2.05) is 45.0 Å². The zero-order valence-electron chi connectivity index (χ0n) is 12.3. The second-order valence-corrected chi connectivity index (χ2v) is 5.82. The summed E-state index contributed by atoms with van der Waals surface area (Å²) in [4.78, 5) is 11.8. The van der Waals surface area contributed by atoms with Crippen molar-refractivity contribution in [1.29, 1.82) is 0 Å². The van der Waals surface area contributed by atoms with Gasteiger partial charge in [-0.15, -0.1) is 0 Å². The summed E-state index contributed by atoms with van der Waals surface area (Å²) >= 11 is 0. The van der Waals surface area contributed by atoms with E-state index in [-0.39, 0.29) is 18.1 Å². The summed E-state index contributed by atoms with van der Waals surface area (Å²) in [5.74, 6) is -0.0899. The van der Waals surface area contributed by atoms with Crippen molar-refractivity contribution in [2.45, 2.75) is 32.9 Å². The highest BCUT2D eigenvalue weighted by Crippen LogP contribution is 2.18. The van der Waals surface area contributed by atoms with E-state index in [9.17, 15) is 4.79 Å². The standard InChI is InChI=1S/C17H21NO2/c1-17(2,3)20-12-16(19)18-11-14-9-6-8-13-7-4-5-10-15(13)14/h4-10H,11-12H2,1-3H3,(H,18,19). The fraction of sp³-hybridized carbons (Fsp3) is 0.353. The number of carbonyl (C=O) groups excluding carboxylic acids is 1. The van der Waals surface area contributed by atoms with Crippen molar-refractivity contribution in [3.63, 3.8) is 0 Å². The lowest BCUT2D eigenvalue weighted by Gasteiger charge is -2.19. The van der Waals surface area contributed by atoms with E-state index >= 15 is 0 Å². The van der Waals surface area contributed by atoms with Gasteiger partial charge in [0.2, 0.25) is 5.91 Å². The van der Waals surface area contributed by atoms with Crippen LogP contribution in [0.15, 0.2) is 42.5 Å². The number of ether oxygens (including phenoxy) is 1. The summed E-state index contributed by atoms with van der Waals surface area (Å²) in [5.41, 5.74) is 0.823. The number of hydrogen-bond donors (Lipinski definition) is 1. The van der Waals surface area contributed by atoms with Gasteiger partial charge in [0, 0.05) is 6.54 Å². The molecule has 0 unspecified atom stereocenters. The van der Waals surface area contributed by atoms with Gasteiger partial charge in [0.1, 0.15) is 6.61 Å². The van der Waals surface area contributed by atoms with Crippen LogP contribution in [-0.4, -0.2) is 18.1 Å². The molecule has 1 N–H and O–H groups in total. The Bertz CT molecular complexity index is 594. The van der Waals surface area contributed by atoms with Gasteiger partial charge in [0.15, 0.2) is 0 Å². The Kier molecular flexibility index (Phi) is 4.40. The Morgan fingerprint density at radius 1 is 1.10 bits per heavy atom. The van der Waals surface area contributed by atoms with Gasteiger partial charge in [-0.2, -0.15) is 0 Å². The third-order valence-electron chi connectivity index (χ3n) is 2.99. The lowest BCUT2D eigenvalue weighted by molar-refractivity contribution is -0.130. The Morgan fingerprint density at radius 3 is 2.55 bits per heavy atom. The normalized spacial score (nSPS) is 11.6. The quantitative estimate of drug-likeness (QED) is 0.926. The van der Waals surface area contributed by atoms with Gasteiger partial charge in [0.05, 0.1) is 5.60 Å². The maximum absolute atomic E-state index is 11.8. The minimum absolute atomic E-state index is 0.0899. The van der Waals surface area contributed by atoms with E-state index in [0.717, 1.165) is 5.56 Å². The largest absolute Gasteiger partial charge is 0.366 e. The molecule has 20 heavy (non-hydrogen) atoms.